The van der Waals surface area contributed by atoms with Crippen molar-refractivity contribution in [3.8, 4) is 11.8 Å². The van der Waals surface area contributed by atoms with Gasteiger partial charge in [-0.25, -0.2) is 8.42 Å². The van der Waals surface area contributed by atoms with Crippen molar-refractivity contribution in [1.82, 2.24) is 14.8 Å². The lowest BCUT2D eigenvalue weighted by Gasteiger charge is -2.10. The van der Waals surface area contributed by atoms with Crippen molar-refractivity contribution in [1.29, 1.82) is 5.26 Å². The lowest BCUT2D eigenvalue weighted by molar-refractivity contribution is -0.112. The average molecular weight is 496 g/mol. The van der Waals surface area contributed by atoms with E-state index in [0.717, 1.165) is 23.3 Å². The number of halogens is 2. The molecule has 31 heavy (non-hydrogen) atoms. The van der Waals surface area contributed by atoms with Crippen molar-refractivity contribution < 1.29 is 13.2 Å². The molecular weight excluding hydrogens is 481 g/mol. The van der Waals surface area contributed by atoms with Crippen LogP contribution < -0.4 is 5.32 Å². The zero-order valence-corrected chi connectivity index (χ0v) is 19.6. The normalized spacial score (nSPS) is 11.9. The van der Waals surface area contributed by atoms with Crippen LogP contribution in [0.1, 0.15) is 17.0 Å². The Morgan fingerprint density at radius 2 is 1.94 bits per heavy atom. The second-order valence-corrected chi connectivity index (χ2v) is 10.5. The maximum absolute atomic E-state index is 12.5. The van der Waals surface area contributed by atoms with Crippen LogP contribution in [0.3, 0.4) is 0 Å². The Labute approximate surface area is 192 Å². The summed E-state index contributed by atoms with van der Waals surface area (Å²) in [6.45, 7) is 3.73. The smallest absolute Gasteiger partial charge is 0.268 e. The van der Waals surface area contributed by atoms with Gasteiger partial charge < -0.3 is 4.57 Å². The van der Waals surface area contributed by atoms with Crippen molar-refractivity contribution in [2.45, 2.75) is 18.2 Å². The first-order valence-corrected chi connectivity index (χ1v) is 12.1. The van der Waals surface area contributed by atoms with E-state index in [4.69, 9.17) is 23.2 Å². The van der Waals surface area contributed by atoms with Gasteiger partial charge >= 0.3 is 0 Å². The Morgan fingerprint density at radius 3 is 2.52 bits per heavy atom. The van der Waals surface area contributed by atoms with Gasteiger partial charge in [-0.1, -0.05) is 34.5 Å². The van der Waals surface area contributed by atoms with Crippen molar-refractivity contribution >= 4 is 61.5 Å². The van der Waals surface area contributed by atoms with Gasteiger partial charge in [-0.2, -0.15) is 5.26 Å². The van der Waals surface area contributed by atoms with Crippen molar-refractivity contribution in [3.63, 3.8) is 0 Å². The van der Waals surface area contributed by atoms with Gasteiger partial charge in [0.1, 0.15) is 11.6 Å². The Bertz CT molecular complexity index is 1370. The molecule has 0 saturated heterocycles. The molecule has 0 aliphatic carbocycles. The van der Waals surface area contributed by atoms with Crippen LogP contribution in [-0.4, -0.2) is 35.3 Å². The number of amides is 1. The molecular formula is C19H15Cl2N5O3S2. The van der Waals surface area contributed by atoms with Gasteiger partial charge in [0, 0.05) is 23.3 Å². The fourth-order valence-corrected chi connectivity index (χ4v) is 4.63. The number of hydrogen-bond donors (Lipinski definition) is 1. The number of nitriles is 1. The minimum absolute atomic E-state index is 0.0205. The number of nitrogens with one attached hydrogen (secondary N) is 1. The van der Waals surface area contributed by atoms with Gasteiger partial charge in [-0.05, 0) is 49.8 Å². The Hall–Kier alpha value is -2.71. The van der Waals surface area contributed by atoms with Crippen molar-refractivity contribution in [2.75, 3.05) is 11.6 Å². The van der Waals surface area contributed by atoms with Crippen molar-refractivity contribution in [2.24, 2.45) is 0 Å². The Balaban J connectivity index is 1.92. The summed E-state index contributed by atoms with van der Waals surface area (Å²) in [6.07, 6.45) is 2.44. The summed E-state index contributed by atoms with van der Waals surface area (Å²) < 4.78 is 24.7. The van der Waals surface area contributed by atoms with E-state index in [0.29, 0.717) is 26.9 Å². The molecule has 0 aliphatic rings. The third kappa shape index (κ3) is 4.97. The maximum atomic E-state index is 12.5. The van der Waals surface area contributed by atoms with Gasteiger partial charge in [0.05, 0.1) is 10.0 Å². The van der Waals surface area contributed by atoms with E-state index in [1.54, 1.807) is 12.1 Å². The number of aromatic nitrogens is 3. The Kier molecular flexibility index (Phi) is 6.52. The summed E-state index contributed by atoms with van der Waals surface area (Å²) in [5.74, 6) is -0.724. The van der Waals surface area contributed by atoms with Crippen LogP contribution in [0.2, 0.25) is 10.0 Å². The van der Waals surface area contributed by atoms with E-state index in [2.05, 4.69) is 15.5 Å². The van der Waals surface area contributed by atoms with E-state index in [9.17, 15) is 18.5 Å². The van der Waals surface area contributed by atoms with Crippen LogP contribution in [0.4, 0.5) is 5.13 Å². The molecule has 3 rings (SSSR count). The molecule has 1 N–H and O–H groups in total. The molecule has 3 aromatic rings. The Morgan fingerprint density at radius 1 is 1.23 bits per heavy atom. The number of anilines is 1. The van der Waals surface area contributed by atoms with Crippen LogP contribution in [0, 0.1) is 25.2 Å². The largest absolute Gasteiger partial charge is 0.318 e. The number of carbonyl (C=O) groups excluding carboxylic acids is 1. The SMILES string of the molecule is Cc1cc(C=C(C#N)C(=O)Nc2nnc(S(C)(=O)=O)s2)c(C)n1-c1ccc(Cl)c(Cl)c1. The van der Waals surface area contributed by atoms with Crippen LogP contribution in [0.5, 0.6) is 0 Å². The molecule has 2 heterocycles. The maximum Gasteiger partial charge on any atom is 0.268 e. The molecule has 0 spiro atoms. The first kappa shape index (κ1) is 23.0. The molecule has 0 aliphatic heterocycles. The molecule has 160 valence electrons. The van der Waals surface area contributed by atoms with Crippen LogP contribution in [0.25, 0.3) is 11.8 Å². The highest BCUT2D eigenvalue weighted by Gasteiger charge is 2.18. The first-order chi connectivity index (χ1) is 14.5. The number of carbonyl (C=O) groups is 1. The van der Waals surface area contributed by atoms with Gasteiger partial charge in [0.15, 0.2) is 0 Å². The van der Waals surface area contributed by atoms with E-state index >= 15 is 0 Å². The lowest BCUT2D eigenvalue weighted by Crippen LogP contribution is -2.13. The number of nitrogens with zero attached hydrogens (tertiary/aromatic N) is 4. The van der Waals surface area contributed by atoms with Crippen molar-refractivity contribution in [3.05, 3.63) is 56.8 Å². The van der Waals surface area contributed by atoms with E-state index in [1.807, 2.05) is 36.6 Å². The molecule has 12 heteroatoms. The van der Waals surface area contributed by atoms with Crippen LogP contribution in [-0.2, 0) is 14.6 Å². The second-order valence-electron chi connectivity index (χ2n) is 6.53. The van der Waals surface area contributed by atoms with Crippen LogP contribution >= 0.6 is 34.5 Å². The first-order valence-electron chi connectivity index (χ1n) is 8.62. The monoisotopic (exact) mass is 495 g/mol. The number of rotatable bonds is 5. The number of hydrogen-bond acceptors (Lipinski definition) is 7. The fraction of sp³-hybridized carbons (Fsp3) is 0.158. The summed E-state index contributed by atoms with van der Waals surface area (Å²) in [4.78, 5) is 12.5. The number of benzene rings is 1. The van der Waals surface area contributed by atoms with Gasteiger partial charge in [-0.15, -0.1) is 10.2 Å². The van der Waals surface area contributed by atoms with Gasteiger partial charge in [0.25, 0.3) is 5.91 Å². The molecule has 8 nitrogen and oxygen atoms in total. The molecule has 0 atom stereocenters. The zero-order chi connectivity index (χ0) is 22.9. The quantitative estimate of drug-likeness (QED) is 0.321. The third-order valence-electron chi connectivity index (χ3n) is 4.24. The highest BCUT2D eigenvalue weighted by atomic mass is 35.5. The van der Waals surface area contributed by atoms with E-state index in [1.165, 1.54) is 6.08 Å². The molecule has 1 aromatic carbocycles. The molecule has 0 radical (unpaired) electrons. The fourth-order valence-electron chi connectivity index (χ4n) is 2.83. The summed E-state index contributed by atoms with van der Waals surface area (Å²) in [7, 11) is -3.54. The number of sulfone groups is 1. The predicted molar refractivity (Wildman–Crippen MR) is 121 cm³/mol. The van der Waals surface area contributed by atoms with Crippen LogP contribution in [0.15, 0.2) is 34.2 Å². The summed E-state index contributed by atoms with van der Waals surface area (Å²) in [6, 6.07) is 8.92. The predicted octanol–water partition coefficient (Wildman–Crippen LogP) is 4.20. The zero-order valence-electron chi connectivity index (χ0n) is 16.5. The molecule has 2 aromatic heterocycles. The second kappa shape index (κ2) is 8.80. The van der Waals surface area contributed by atoms with Gasteiger partial charge in [-0.3, -0.25) is 10.1 Å². The van der Waals surface area contributed by atoms with E-state index < -0.39 is 15.7 Å². The molecule has 1 amide bonds. The topological polar surface area (TPSA) is 118 Å². The number of aryl methyl sites for hydroxylation is 1. The summed E-state index contributed by atoms with van der Waals surface area (Å²) in [5.41, 5.74) is 2.91. The average Bonchev–Trinajstić information content (AvgIpc) is 3.26. The van der Waals surface area contributed by atoms with Gasteiger partial charge in [0.2, 0.25) is 19.3 Å². The highest BCUT2D eigenvalue weighted by Crippen LogP contribution is 2.28. The molecule has 0 bridgehead atoms. The third-order valence-corrected chi connectivity index (χ3v) is 7.49. The lowest BCUT2D eigenvalue weighted by atomic mass is 10.1. The molecule has 0 saturated carbocycles. The molecule has 0 fully saturated rings. The molecule has 0 unspecified atom stereocenters. The standard InChI is InChI=1S/C19H15Cl2N5O3S2/c1-10-6-12(11(2)26(10)14-4-5-15(20)16(21)8-14)7-13(9-22)17(27)23-18-24-25-19(30-18)31(3,28)29/h4-8H,1-3H3,(H,23,24,27). The summed E-state index contributed by atoms with van der Waals surface area (Å²) >= 11 is 12.8. The summed E-state index contributed by atoms with van der Waals surface area (Å²) in [5, 5.41) is 19.9. The minimum atomic E-state index is -3.54. The highest BCUT2D eigenvalue weighted by molar-refractivity contribution is 7.92. The minimum Gasteiger partial charge on any atom is -0.318 e. The van der Waals surface area contributed by atoms with E-state index in [-0.39, 0.29) is 15.0 Å².